The van der Waals surface area contributed by atoms with E-state index in [4.69, 9.17) is 11.6 Å². The van der Waals surface area contributed by atoms with Crippen LogP contribution in [0.4, 0.5) is 0 Å². The summed E-state index contributed by atoms with van der Waals surface area (Å²) in [6.07, 6.45) is 0. The highest BCUT2D eigenvalue weighted by Gasteiger charge is 2.23. The lowest BCUT2D eigenvalue weighted by Crippen LogP contribution is -2.37. The van der Waals surface area contributed by atoms with Crippen LogP contribution in [0.2, 0.25) is 5.02 Å². The minimum absolute atomic E-state index is 0.296. The topological polar surface area (TPSA) is 81.8 Å². The van der Waals surface area contributed by atoms with Crippen LogP contribution in [0.5, 0.6) is 0 Å². The van der Waals surface area contributed by atoms with Gasteiger partial charge in [-0.3, -0.25) is 9.59 Å². The van der Waals surface area contributed by atoms with Crippen molar-refractivity contribution in [1.82, 2.24) is 24.9 Å². The van der Waals surface area contributed by atoms with E-state index in [1.807, 2.05) is 57.2 Å². The number of hydrogen-bond acceptors (Lipinski definition) is 4. The van der Waals surface area contributed by atoms with Crippen LogP contribution in [0.3, 0.4) is 0 Å². The first-order valence-electron chi connectivity index (χ1n) is 10.3. The Morgan fingerprint density at radius 1 is 1.09 bits per heavy atom. The molecule has 1 N–H and O–H groups in total. The van der Waals surface area contributed by atoms with Gasteiger partial charge in [0.05, 0.1) is 22.5 Å². The summed E-state index contributed by atoms with van der Waals surface area (Å²) in [5, 5.41) is 13.2. The van der Waals surface area contributed by atoms with Gasteiger partial charge in [-0.15, -0.1) is 0 Å². The lowest BCUT2D eigenvalue weighted by molar-refractivity contribution is -0.124. The van der Waals surface area contributed by atoms with Crippen LogP contribution in [0.15, 0.2) is 53.3 Å². The van der Waals surface area contributed by atoms with Gasteiger partial charge in [0.15, 0.2) is 5.52 Å². The Kier molecular flexibility index (Phi) is 5.84. The van der Waals surface area contributed by atoms with Crippen LogP contribution in [0.25, 0.3) is 16.6 Å². The summed E-state index contributed by atoms with van der Waals surface area (Å²) in [6, 6.07) is 14.4. The predicted octanol–water partition coefficient (Wildman–Crippen LogP) is 4.04. The molecule has 0 aliphatic carbocycles. The summed E-state index contributed by atoms with van der Waals surface area (Å²) in [5.41, 5.74) is 4.25. The molecule has 8 heteroatoms. The second-order valence-electron chi connectivity index (χ2n) is 7.92. The van der Waals surface area contributed by atoms with Crippen LogP contribution in [0.1, 0.15) is 35.5 Å². The van der Waals surface area contributed by atoms with Gasteiger partial charge in [-0.2, -0.15) is 10.2 Å². The van der Waals surface area contributed by atoms with Crippen molar-refractivity contribution in [2.45, 2.75) is 40.3 Å². The van der Waals surface area contributed by atoms with E-state index in [1.54, 1.807) is 23.7 Å². The third-order valence-corrected chi connectivity index (χ3v) is 5.76. The van der Waals surface area contributed by atoms with Gasteiger partial charge < -0.3 is 5.32 Å². The molecule has 0 aliphatic heterocycles. The molecule has 0 aliphatic rings. The number of aryl methyl sites for hydroxylation is 3. The molecule has 0 fully saturated rings. The normalized spacial score (nSPS) is 12.2. The summed E-state index contributed by atoms with van der Waals surface area (Å²) in [6.45, 7) is 7.71. The fourth-order valence-corrected chi connectivity index (χ4v) is 3.96. The molecule has 2 aromatic heterocycles. The molecule has 0 bridgehead atoms. The zero-order valence-electron chi connectivity index (χ0n) is 18.4. The fourth-order valence-electron chi connectivity index (χ4n) is 3.75. The summed E-state index contributed by atoms with van der Waals surface area (Å²) in [4.78, 5) is 26.0. The number of nitrogens with zero attached hydrogens (tertiary/aromatic N) is 4. The lowest BCUT2D eigenvalue weighted by atomic mass is 10.2. The number of amides is 1. The second kappa shape index (κ2) is 8.59. The van der Waals surface area contributed by atoms with Crippen molar-refractivity contribution in [1.29, 1.82) is 0 Å². The molecule has 0 spiro atoms. The van der Waals surface area contributed by atoms with E-state index in [2.05, 4.69) is 15.5 Å². The third-order valence-electron chi connectivity index (χ3n) is 5.53. The van der Waals surface area contributed by atoms with Crippen molar-refractivity contribution in [2.24, 2.45) is 0 Å². The predicted molar refractivity (Wildman–Crippen MR) is 125 cm³/mol. The molecular formula is C24H24ClN5O2. The average molecular weight is 450 g/mol. The number of carbonyl (C=O) groups excluding carboxylic acids is 1. The van der Waals surface area contributed by atoms with Crippen molar-refractivity contribution in [3.8, 4) is 5.69 Å². The van der Waals surface area contributed by atoms with E-state index in [9.17, 15) is 9.59 Å². The summed E-state index contributed by atoms with van der Waals surface area (Å²) < 4.78 is 2.95. The number of rotatable bonds is 5. The van der Waals surface area contributed by atoms with Gasteiger partial charge in [0, 0.05) is 11.6 Å². The Morgan fingerprint density at radius 3 is 2.50 bits per heavy atom. The Hall–Kier alpha value is -3.45. The standard InChI is InChI=1S/C24H24ClN5O2/c1-14-8-10-20(11-9-14)29-16(3)21-15(2)27-30(24(32)22(21)28-29)17(4)23(31)26-13-18-6-5-7-19(25)12-18/h5-12,17H,13H2,1-4H3,(H,26,31)/t17-/m0/s1. The largest absolute Gasteiger partial charge is 0.350 e. The molecule has 2 heterocycles. The molecule has 1 amide bonds. The van der Waals surface area contributed by atoms with E-state index >= 15 is 0 Å². The van der Waals surface area contributed by atoms with E-state index in [1.165, 1.54) is 4.68 Å². The van der Waals surface area contributed by atoms with Crippen molar-refractivity contribution in [2.75, 3.05) is 0 Å². The number of nitrogens with one attached hydrogen (secondary N) is 1. The molecule has 2 aromatic carbocycles. The van der Waals surface area contributed by atoms with Gasteiger partial charge in [0.2, 0.25) is 5.91 Å². The highest BCUT2D eigenvalue weighted by molar-refractivity contribution is 6.30. The molecule has 4 aromatic rings. The zero-order valence-corrected chi connectivity index (χ0v) is 19.1. The van der Waals surface area contributed by atoms with Crippen LogP contribution in [-0.2, 0) is 11.3 Å². The Balaban J connectivity index is 1.67. The molecule has 32 heavy (non-hydrogen) atoms. The average Bonchev–Trinajstić information content (AvgIpc) is 3.12. The zero-order chi connectivity index (χ0) is 23.0. The molecule has 4 rings (SSSR count). The summed E-state index contributed by atoms with van der Waals surface area (Å²) >= 11 is 6.00. The SMILES string of the molecule is Cc1ccc(-n2nc3c(=O)n([C@@H](C)C(=O)NCc4cccc(Cl)c4)nc(C)c3c2C)cc1. The Bertz CT molecular complexity index is 1370. The van der Waals surface area contributed by atoms with Gasteiger partial charge >= 0.3 is 0 Å². The van der Waals surface area contributed by atoms with E-state index in [-0.39, 0.29) is 5.91 Å². The van der Waals surface area contributed by atoms with Gasteiger partial charge in [-0.1, -0.05) is 41.4 Å². The van der Waals surface area contributed by atoms with Crippen molar-refractivity contribution in [3.63, 3.8) is 0 Å². The molecule has 0 radical (unpaired) electrons. The number of hydrogen-bond donors (Lipinski definition) is 1. The van der Waals surface area contributed by atoms with Gasteiger partial charge in [-0.05, 0) is 57.5 Å². The maximum atomic E-state index is 13.2. The highest BCUT2D eigenvalue weighted by atomic mass is 35.5. The first-order valence-corrected chi connectivity index (χ1v) is 10.7. The number of halogens is 1. The third kappa shape index (κ3) is 4.03. The van der Waals surface area contributed by atoms with Crippen LogP contribution < -0.4 is 10.9 Å². The van der Waals surface area contributed by atoms with Gasteiger partial charge in [0.1, 0.15) is 6.04 Å². The summed E-state index contributed by atoms with van der Waals surface area (Å²) in [7, 11) is 0. The maximum Gasteiger partial charge on any atom is 0.295 e. The summed E-state index contributed by atoms with van der Waals surface area (Å²) in [5.74, 6) is -0.312. The van der Waals surface area contributed by atoms with Crippen molar-refractivity contribution < 1.29 is 4.79 Å². The van der Waals surface area contributed by atoms with Crippen molar-refractivity contribution >= 4 is 28.4 Å². The molecule has 164 valence electrons. The minimum atomic E-state index is -0.797. The minimum Gasteiger partial charge on any atom is -0.350 e. The molecule has 1 atom stereocenters. The first-order chi connectivity index (χ1) is 15.3. The molecule has 7 nitrogen and oxygen atoms in total. The number of fused-ring (bicyclic) bond motifs is 1. The monoisotopic (exact) mass is 449 g/mol. The van der Waals surface area contributed by atoms with E-state index in [0.717, 1.165) is 22.5 Å². The fraction of sp³-hybridized carbons (Fsp3) is 0.250. The number of carbonyl (C=O) groups is 1. The van der Waals surface area contributed by atoms with Crippen LogP contribution >= 0.6 is 11.6 Å². The Morgan fingerprint density at radius 2 is 1.81 bits per heavy atom. The lowest BCUT2D eigenvalue weighted by Gasteiger charge is -2.15. The number of benzene rings is 2. The van der Waals surface area contributed by atoms with Crippen molar-refractivity contribution in [3.05, 3.63) is 86.4 Å². The maximum absolute atomic E-state index is 13.2. The highest BCUT2D eigenvalue weighted by Crippen LogP contribution is 2.22. The Labute approximate surface area is 190 Å². The van der Waals surface area contributed by atoms with Crippen LogP contribution in [-0.4, -0.2) is 25.5 Å². The quantitative estimate of drug-likeness (QED) is 0.498. The van der Waals surface area contributed by atoms with Gasteiger partial charge in [-0.25, -0.2) is 9.36 Å². The molecule has 0 unspecified atom stereocenters. The molecule has 0 saturated heterocycles. The van der Waals surface area contributed by atoms with Gasteiger partial charge in [0.25, 0.3) is 5.56 Å². The smallest absolute Gasteiger partial charge is 0.295 e. The molecular weight excluding hydrogens is 426 g/mol. The molecule has 0 saturated carbocycles. The number of aromatic nitrogens is 4. The van der Waals surface area contributed by atoms with E-state index in [0.29, 0.717) is 28.2 Å². The van der Waals surface area contributed by atoms with Crippen LogP contribution in [0, 0.1) is 20.8 Å². The van der Waals surface area contributed by atoms with E-state index < -0.39 is 11.6 Å². The first kappa shape index (κ1) is 21.8. The second-order valence-corrected chi connectivity index (χ2v) is 8.35.